The normalized spacial score (nSPS) is 15.2. The number of amides is 2. The summed E-state index contributed by atoms with van der Waals surface area (Å²) in [5, 5.41) is 3.20. The molecule has 0 aliphatic heterocycles. The van der Waals surface area contributed by atoms with Gasteiger partial charge in [-0.05, 0) is 51.3 Å². The van der Waals surface area contributed by atoms with Crippen molar-refractivity contribution in [3.8, 4) is 0 Å². The molecule has 1 aliphatic rings. The van der Waals surface area contributed by atoms with Crippen LogP contribution in [0.25, 0.3) is 0 Å². The molecule has 3 rings (SSSR count). The fraction of sp³-hybridized carbons (Fsp3) is 0.481. The van der Waals surface area contributed by atoms with Gasteiger partial charge in [0.05, 0.1) is 0 Å². The van der Waals surface area contributed by atoms with Crippen LogP contribution < -0.4 is 5.32 Å². The number of rotatable bonds is 9. The summed E-state index contributed by atoms with van der Waals surface area (Å²) in [6, 6.07) is 16.3. The monoisotopic (exact) mass is 452 g/mol. The summed E-state index contributed by atoms with van der Waals surface area (Å²) in [4.78, 5) is 29.2. The molecule has 0 aromatic heterocycles. The summed E-state index contributed by atoms with van der Waals surface area (Å²) in [5.74, 6) is 0.684. The molecule has 1 aliphatic carbocycles. The van der Waals surface area contributed by atoms with Crippen molar-refractivity contribution in [3.63, 3.8) is 0 Å². The maximum atomic E-state index is 13.2. The van der Waals surface area contributed by atoms with Gasteiger partial charge in [0, 0.05) is 29.7 Å². The van der Waals surface area contributed by atoms with Gasteiger partial charge < -0.3 is 10.2 Å². The van der Waals surface area contributed by atoms with E-state index in [4.69, 9.17) is 0 Å². The summed E-state index contributed by atoms with van der Waals surface area (Å²) < 4.78 is 0. The highest BCUT2D eigenvalue weighted by molar-refractivity contribution is 7.99. The molecule has 2 amide bonds. The van der Waals surface area contributed by atoms with E-state index in [1.54, 1.807) is 16.7 Å². The van der Waals surface area contributed by atoms with Crippen molar-refractivity contribution < 1.29 is 9.59 Å². The lowest BCUT2D eigenvalue weighted by molar-refractivity contribution is -0.140. The van der Waals surface area contributed by atoms with Gasteiger partial charge in [0.25, 0.3) is 0 Å². The first-order valence-corrected chi connectivity index (χ1v) is 12.8. The quantitative estimate of drug-likeness (QED) is 0.500. The molecule has 0 spiro atoms. The third kappa shape index (κ3) is 7.40. The molecule has 1 saturated carbocycles. The molecule has 0 radical (unpaired) electrons. The molecule has 1 fully saturated rings. The Morgan fingerprint density at radius 2 is 1.56 bits per heavy atom. The lowest BCUT2D eigenvalue weighted by Crippen LogP contribution is -2.50. The maximum absolute atomic E-state index is 13.2. The third-order valence-electron chi connectivity index (χ3n) is 6.20. The smallest absolute Gasteiger partial charge is 0.242 e. The van der Waals surface area contributed by atoms with Gasteiger partial charge in [-0.1, -0.05) is 66.8 Å². The van der Waals surface area contributed by atoms with Crippen LogP contribution in [0, 0.1) is 13.8 Å². The average molecular weight is 453 g/mol. The number of carbonyl (C=O) groups is 2. The molecule has 0 heterocycles. The third-order valence-corrected chi connectivity index (χ3v) is 7.21. The Labute approximate surface area is 197 Å². The first-order chi connectivity index (χ1) is 15.4. The van der Waals surface area contributed by atoms with E-state index in [0.29, 0.717) is 18.7 Å². The molecular formula is C27H36N2O2S. The molecular weight excluding hydrogens is 416 g/mol. The summed E-state index contributed by atoms with van der Waals surface area (Å²) >= 11 is 1.68. The van der Waals surface area contributed by atoms with E-state index in [9.17, 15) is 9.59 Å². The van der Waals surface area contributed by atoms with Gasteiger partial charge in [0.2, 0.25) is 11.8 Å². The zero-order valence-electron chi connectivity index (χ0n) is 19.6. The van der Waals surface area contributed by atoms with E-state index < -0.39 is 6.04 Å². The number of aryl methyl sites for hydroxylation is 2. The Balaban J connectivity index is 1.64. The average Bonchev–Trinajstić information content (AvgIpc) is 2.80. The topological polar surface area (TPSA) is 49.4 Å². The van der Waals surface area contributed by atoms with E-state index in [0.717, 1.165) is 23.3 Å². The highest BCUT2D eigenvalue weighted by atomic mass is 32.2. The number of nitrogens with one attached hydrogen (secondary N) is 1. The number of nitrogens with zero attached hydrogens (tertiary/aromatic N) is 1. The predicted molar refractivity (Wildman–Crippen MR) is 133 cm³/mol. The van der Waals surface area contributed by atoms with Crippen molar-refractivity contribution in [2.24, 2.45) is 0 Å². The second kappa shape index (κ2) is 12.1. The van der Waals surface area contributed by atoms with Gasteiger partial charge >= 0.3 is 0 Å². The number of thioether (sulfide) groups is 1. The molecule has 32 heavy (non-hydrogen) atoms. The molecule has 4 nitrogen and oxygen atoms in total. The fourth-order valence-electron chi connectivity index (χ4n) is 4.08. The first kappa shape index (κ1) is 24.4. The number of benzene rings is 2. The zero-order valence-corrected chi connectivity index (χ0v) is 20.4. The van der Waals surface area contributed by atoms with Crippen molar-refractivity contribution in [2.45, 2.75) is 82.8 Å². The van der Waals surface area contributed by atoms with E-state index in [1.807, 2.05) is 19.1 Å². The van der Waals surface area contributed by atoms with E-state index >= 15 is 0 Å². The van der Waals surface area contributed by atoms with Crippen LogP contribution in [0.1, 0.15) is 62.1 Å². The lowest BCUT2D eigenvalue weighted by Gasteiger charge is -2.31. The highest BCUT2D eigenvalue weighted by Gasteiger charge is 2.27. The first-order valence-electron chi connectivity index (χ1n) is 11.8. The summed E-state index contributed by atoms with van der Waals surface area (Å²) in [7, 11) is 0. The minimum atomic E-state index is -0.491. The van der Waals surface area contributed by atoms with Crippen molar-refractivity contribution in [1.82, 2.24) is 10.2 Å². The van der Waals surface area contributed by atoms with Crippen molar-refractivity contribution >= 4 is 23.6 Å². The van der Waals surface area contributed by atoms with E-state index in [2.05, 4.69) is 55.6 Å². The molecule has 0 bridgehead atoms. The van der Waals surface area contributed by atoms with Crippen LogP contribution in [0.5, 0.6) is 0 Å². The molecule has 172 valence electrons. The minimum absolute atomic E-state index is 0.0245. The SMILES string of the molecule is Cc1ccc(CN(C(=O)CCSc2ccc(C)cc2)[C@H](C)C(=O)NC2CCCCC2)cc1. The Hall–Kier alpha value is -2.27. The van der Waals surface area contributed by atoms with Gasteiger partial charge in [-0.3, -0.25) is 9.59 Å². The largest absolute Gasteiger partial charge is 0.352 e. The second-order valence-corrected chi connectivity index (χ2v) is 10.1. The molecule has 1 N–H and O–H groups in total. The molecule has 2 aromatic rings. The van der Waals surface area contributed by atoms with Gasteiger partial charge in [0.15, 0.2) is 0 Å². The van der Waals surface area contributed by atoms with Gasteiger partial charge in [0.1, 0.15) is 6.04 Å². The maximum Gasteiger partial charge on any atom is 0.242 e. The molecule has 1 atom stereocenters. The molecule has 0 unspecified atom stereocenters. The second-order valence-electron chi connectivity index (χ2n) is 8.94. The Morgan fingerprint density at radius 3 is 2.19 bits per heavy atom. The van der Waals surface area contributed by atoms with Gasteiger partial charge in [-0.25, -0.2) is 0 Å². The van der Waals surface area contributed by atoms with Crippen molar-refractivity contribution in [2.75, 3.05) is 5.75 Å². The van der Waals surface area contributed by atoms with Crippen molar-refractivity contribution in [1.29, 1.82) is 0 Å². The number of carbonyl (C=O) groups excluding carboxylic acids is 2. The van der Waals surface area contributed by atoms with Crippen LogP contribution in [0.3, 0.4) is 0 Å². The molecule has 0 saturated heterocycles. The Bertz CT molecular complexity index is 874. The number of hydrogen-bond donors (Lipinski definition) is 1. The van der Waals surface area contributed by atoms with E-state index in [-0.39, 0.29) is 17.9 Å². The standard InChI is InChI=1S/C27H36N2O2S/c1-20-9-13-23(14-10-20)19-29(22(3)27(31)28-24-7-5-4-6-8-24)26(30)17-18-32-25-15-11-21(2)12-16-25/h9-16,22,24H,4-8,17-19H2,1-3H3,(H,28,31)/t22-/m1/s1. The zero-order chi connectivity index (χ0) is 22.9. The molecule has 5 heteroatoms. The lowest BCUT2D eigenvalue weighted by atomic mass is 9.95. The fourth-order valence-corrected chi connectivity index (χ4v) is 4.92. The summed E-state index contributed by atoms with van der Waals surface area (Å²) in [6.07, 6.45) is 6.07. The Morgan fingerprint density at radius 1 is 0.969 bits per heavy atom. The van der Waals surface area contributed by atoms with Gasteiger partial charge in [-0.15, -0.1) is 11.8 Å². The van der Waals surface area contributed by atoms with Crippen molar-refractivity contribution in [3.05, 3.63) is 65.2 Å². The summed E-state index contributed by atoms with van der Waals surface area (Å²) in [6.45, 7) is 6.43. The minimum Gasteiger partial charge on any atom is -0.352 e. The van der Waals surface area contributed by atoms with Crippen LogP contribution in [-0.2, 0) is 16.1 Å². The predicted octanol–water partition coefficient (Wildman–Crippen LogP) is 5.65. The number of hydrogen-bond acceptors (Lipinski definition) is 3. The summed E-state index contributed by atoms with van der Waals surface area (Å²) in [5.41, 5.74) is 3.46. The van der Waals surface area contributed by atoms with Crippen LogP contribution in [-0.4, -0.2) is 34.6 Å². The van der Waals surface area contributed by atoms with Crippen LogP contribution >= 0.6 is 11.8 Å². The highest BCUT2D eigenvalue weighted by Crippen LogP contribution is 2.21. The van der Waals surface area contributed by atoms with Crippen LogP contribution in [0.15, 0.2) is 53.4 Å². The Kier molecular flexibility index (Phi) is 9.22. The molecule has 2 aromatic carbocycles. The van der Waals surface area contributed by atoms with Crippen LogP contribution in [0.4, 0.5) is 0 Å². The van der Waals surface area contributed by atoms with Gasteiger partial charge in [-0.2, -0.15) is 0 Å². The van der Waals surface area contributed by atoms with E-state index in [1.165, 1.54) is 30.4 Å². The van der Waals surface area contributed by atoms with Crippen LogP contribution in [0.2, 0.25) is 0 Å².